The summed E-state index contributed by atoms with van der Waals surface area (Å²) in [5.74, 6) is 0. The van der Waals surface area contributed by atoms with E-state index in [1.807, 2.05) is 0 Å². The molecule has 0 atom stereocenters. The molecule has 1 heterocycles. The van der Waals surface area contributed by atoms with Gasteiger partial charge >= 0.3 is 0 Å². The lowest BCUT2D eigenvalue weighted by molar-refractivity contribution is 0.364. The van der Waals surface area contributed by atoms with Gasteiger partial charge in [0.05, 0.1) is 0 Å². The third kappa shape index (κ3) is 2.51. The first-order chi connectivity index (χ1) is 7.07. The molecule has 1 aliphatic heterocycles. The molecule has 0 aliphatic carbocycles. The van der Waals surface area contributed by atoms with Crippen LogP contribution in [0.3, 0.4) is 0 Å². The molecule has 2 heteroatoms. The zero-order chi connectivity index (χ0) is 10.9. The Morgan fingerprint density at radius 1 is 1.13 bits per heavy atom. The van der Waals surface area contributed by atoms with Gasteiger partial charge in [-0.1, -0.05) is 17.7 Å². The number of rotatable bonds is 1. The van der Waals surface area contributed by atoms with Crippen LogP contribution in [0.15, 0.2) is 24.3 Å². The first-order valence-electron chi connectivity index (χ1n) is 5.67. The number of nitrogens with two attached hydrogens (primary N) is 1. The molecular formula is C13H20N2. The summed E-state index contributed by atoms with van der Waals surface area (Å²) in [4.78, 5) is 2.42. The summed E-state index contributed by atoms with van der Waals surface area (Å²) in [6.07, 6.45) is 2.17. The Hall–Kier alpha value is -1.02. The van der Waals surface area contributed by atoms with E-state index in [1.54, 1.807) is 0 Å². The van der Waals surface area contributed by atoms with Crippen molar-refractivity contribution in [3.05, 3.63) is 29.8 Å². The highest BCUT2D eigenvalue weighted by atomic mass is 15.1. The third-order valence-electron chi connectivity index (χ3n) is 3.30. The van der Waals surface area contributed by atoms with Gasteiger partial charge < -0.3 is 10.6 Å². The highest BCUT2D eigenvalue weighted by Crippen LogP contribution is 2.24. The predicted molar refractivity (Wildman–Crippen MR) is 65.2 cm³/mol. The molecule has 0 saturated carbocycles. The van der Waals surface area contributed by atoms with E-state index in [9.17, 15) is 0 Å². The largest absolute Gasteiger partial charge is 0.371 e. The summed E-state index contributed by atoms with van der Waals surface area (Å²) in [6.45, 7) is 6.43. The van der Waals surface area contributed by atoms with E-state index in [2.05, 4.69) is 43.0 Å². The lowest BCUT2D eigenvalue weighted by atomic mass is 9.91. The van der Waals surface area contributed by atoms with Gasteiger partial charge in [0, 0.05) is 24.3 Å². The molecule has 82 valence electrons. The molecule has 1 aromatic rings. The van der Waals surface area contributed by atoms with Gasteiger partial charge in [0.15, 0.2) is 0 Å². The minimum Gasteiger partial charge on any atom is -0.371 e. The fourth-order valence-electron chi connectivity index (χ4n) is 2.03. The van der Waals surface area contributed by atoms with E-state index >= 15 is 0 Å². The van der Waals surface area contributed by atoms with Crippen molar-refractivity contribution in [2.24, 2.45) is 5.73 Å². The highest BCUT2D eigenvalue weighted by molar-refractivity contribution is 5.48. The Kier molecular flexibility index (Phi) is 2.70. The van der Waals surface area contributed by atoms with Crippen LogP contribution in [0.1, 0.15) is 25.3 Å². The minimum absolute atomic E-state index is 0.0429. The van der Waals surface area contributed by atoms with Crippen LogP contribution in [0, 0.1) is 6.92 Å². The summed E-state index contributed by atoms with van der Waals surface area (Å²) in [7, 11) is 0. The fraction of sp³-hybridized carbons (Fsp3) is 0.538. The first-order valence-corrected chi connectivity index (χ1v) is 5.67. The Labute approximate surface area is 92.1 Å². The van der Waals surface area contributed by atoms with Gasteiger partial charge in [0.1, 0.15) is 0 Å². The van der Waals surface area contributed by atoms with E-state index in [1.165, 1.54) is 11.3 Å². The topological polar surface area (TPSA) is 29.3 Å². The zero-order valence-electron chi connectivity index (χ0n) is 9.66. The molecule has 2 N–H and O–H groups in total. The van der Waals surface area contributed by atoms with Gasteiger partial charge in [0.25, 0.3) is 0 Å². The van der Waals surface area contributed by atoms with E-state index in [4.69, 9.17) is 5.73 Å². The van der Waals surface area contributed by atoms with E-state index in [-0.39, 0.29) is 5.54 Å². The number of hydrogen-bond donors (Lipinski definition) is 1. The SMILES string of the molecule is Cc1ccc(N2CCC(C)(N)CC2)cc1. The molecule has 1 saturated heterocycles. The van der Waals surface area contributed by atoms with Gasteiger partial charge in [-0.05, 0) is 38.8 Å². The normalized spacial score (nSPS) is 20.3. The van der Waals surface area contributed by atoms with Crippen molar-refractivity contribution in [3.8, 4) is 0 Å². The zero-order valence-corrected chi connectivity index (χ0v) is 9.66. The van der Waals surface area contributed by atoms with Gasteiger partial charge in [-0.2, -0.15) is 0 Å². The summed E-state index contributed by atoms with van der Waals surface area (Å²) in [6, 6.07) is 8.75. The molecule has 0 unspecified atom stereocenters. The second-order valence-corrected chi connectivity index (χ2v) is 4.98. The van der Waals surface area contributed by atoms with E-state index in [0.717, 1.165) is 25.9 Å². The molecule has 15 heavy (non-hydrogen) atoms. The van der Waals surface area contributed by atoms with Crippen LogP contribution in [0.4, 0.5) is 5.69 Å². The highest BCUT2D eigenvalue weighted by Gasteiger charge is 2.25. The minimum atomic E-state index is 0.0429. The number of nitrogens with zero attached hydrogens (tertiary/aromatic N) is 1. The Bertz CT molecular complexity index is 317. The number of aryl methyl sites for hydroxylation is 1. The average Bonchev–Trinajstić information content (AvgIpc) is 2.20. The van der Waals surface area contributed by atoms with Gasteiger partial charge in [-0.3, -0.25) is 0 Å². The number of piperidine rings is 1. The van der Waals surface area contributed by atoms with Gasteiger partial charge in [-0.15, -0.1) is 0 Å². The Morgan fingerprint density at radius 3 is 2.20 bits per heavy atom. The van der Waals surface area contributed by atoms with Gasteiger partial charge in [-0.25, -0.2) is 0 Å². The van der Waals surface area contributed by atoms with Crippen LogP contribution in [0.25, 0.3) is 0 Å². The average molecular weight is 204 g/mol. The van der Waals surface area contributed by atoms with Gasteiger partial charge in [0.2, 0.25) is 0 Å². The first kappa shape index (κ1) is 10.5. The maximum atomic E-state index is 6.12. The predicted octanol–water partition coefficient (Wildman–Crippen LogP) is 2.31. The molecule has 0 amide bonds. The quantitative estimate of drug-likeness (QED) is 0.760. The van der Waals surface area contributed by atoms with E-state index < -0.39 is 0 Å². The van der Waals surface area contributed by atoms with Crippen molar-refractivity contribution < 1.29 is 0 Å². The lowest BCUT2D eigenvalue weighted by Gasteiger charge is -2.38. The van der Waals surface area contributed by atoms with Crippen LogP contribution in [-0.2, 0) is 0 Å². The molecule has 0 radical (unpaired) electrons. The smallest absolute Gasteiger partial charge is 0.0366 e. The van der Waals surface area contributed by atoms with Crippen LogP contribution < -0.4 is 10.6 Å². The van der Waals surface area contributed by atoms with Crippen LogP contribution >= 0.6 is 0 Å². The standard InChI is InChI=1S/C13H20N2/c1-11-3-5-12(6-4-11)15-9-7-13(2,14)8-10-15/h3-6H,7-10,14H2,1-2H3. The van der Waals surface area contributed by atoms with Crippen LogP contribution in [0.5, 0.6) is 0 Å². The van der Waals surface area contributed by atoms with Crippen molar-refractivity contribution in [2.45, 2.75) is 32.2 Å². The number of anilines is 1. The third-order valence-corrected chi connectivity index (χ3v) is 3.30. The number of benzene rings is 1. The second-order valence-electron chi connectivity index (χ2n) is 4.98. The van der Waals surface area contributed by atoms with Crippen molar-refractivity contribution in [2.75, 3.05) is 18.0 Å². The second kappa shape index (κ2) is 3.86. The van der Waals surface area contributed by atoms with E-state index in [0.29, 0.717) is 0 Å². The fourth-order valence-corrected chi connectivity index (χ4v) is 2.03. The monoisotopic (exact) mass is 204 g/mol. The molecule has 1 fully saturated rings. The van der Waals surface area contributed by atoms with Crippen LogP contribution in [0.2, 0.25) is 0 Å². The molecule has 1 aliphatic rings. The maximum Gasteiger partial charge on any atom is 0.0366 e. The Balaban J connectivity index is 2.04. The molecule has 0 bridgehead atoms. The summed E-state index contributed by atoms with van der Waals surface area (Å²) in [5, 5.41) is 0. The molecule has 2 rings (SSSR count). The van der Waals surface area contributed by atoms with Crippen molar-refractivity contribution >= 4 is 5.69 Å². The summed E-state index contributed by atoms with van der Waals surface area (Å²) >= 11 is 0. The van der Waals surface area contributed by atoms with Crippen molar-refractivity contribution in [1.29, 1.82) is 0 Å². The lowest BCUT2D eigenvalue weighted by Crippen LogP contribution is -2.48. The summed E-state index contributed by atoms with van der Waals surface area (Å²) < 4.78 is 0. The summed E-state index contributed by atoms with van der Waals surface area (Å²) in [5.41, 5.74) is 8.81. The van der Waals surface area contributed by atoms with Crippen molar-refractivity contribution in [3.63, 3.8) is 0 Å². The maximum absolute atomic E-state index is 6.12. The molecular weight excluding hydrogens is 184 g/mol. The number of hydrogen-bond acceptors (Lipinski definition) is 2. The molecule has 0 spiro atoms. The molecule has 0 aromatic heterocycles. The Morgan fingerprint density at radius 2 is 1.67 bits per heavy atom. The van der Waals surface area contributed by atoms with Crippen molar-refractivity contribution in [1.82, 2.24) is 0 Å². The molecule has 1 aromatic carbocycles. The van der Waals surface area contributed by atoms with Crippen LogP contribution in [-0.4, -0.2) is 18.6 Å². The molecule has 2 nitrogen and oxygen atoms in total.